The second kappa shape index (κ2) is 9.41. The molecule has 5 nitrogen and oxygen atoms in total. The Morgan fingerprint density at radius 3 is 2.43 bits per heavy atom. The van der Waals surface area contributed by atoms with Crippen LogP contribution in [0.2, 0.25) is 5.02 Å². The minimum absolute atomic E-state index is 0.0907. The number of halogens is 2. The van der Waals surface area contributed by atoms with E-state index in [1.54, 1.807) is 23.9 Å². The Morgan fingerprint density at radius 1 is 1.11 bits per heavy atom. The molecule has 0 aliphatic carbocycles. The van der Waals surface area contributed by atoms with Crippen LogP contribution < -0.4 is 4.74 Å². The summed E-state index contributed by atoms with van der Waals surface area (Å²) in [6, 6.07) is 13.7. The number of thioether (sulfide) groups is 1. The first kappa shape index (κ1) is 20.6. The summed E-state index contributed by atoms with van der Waals surface area (Å²) < 4.78 is 20.7. The summed E-state index contributed by atoms with van der Waals surface area (Å²) in [6.45, 7) is 2.56. The molecule has 1 heterocycles. The van der Waals surface area contributed by atoms with Gasteiger partial charge in [-0.25, -0.2) is 4.39 Å². The maximum Gasteiger partial charge on any atom is 0.196 e. The summed E-state index contributed by atoms with van der Waals surface area (Å²) in [6.07, 6.45) is 0. The van der Waals surface area contributed by atoms with E-state index in [1.807, 2.05) is 42.9 Å². The number of aromatic nitrogens is 3. The van der Waals surface area contributed by atoms with Gasteiger partial charge in [0.25, 0.3) is 0 Å². The fraction of sp³-hybridized carbons (Fsp3) is 0.300. The van der Waals surface area contributed by atoms with E-state index in [1.165, 1.54) is 12.1 Å². The molecule has 0 N–H and O–H groups in total. The molecular weight excluding hydrogens is 399 g/mol. The molecule has 0 radical (unpaired) electrons. The average Bonchev–Trinajstić information content (AvgIpc) is 3.10. The second-order valence-corrected chi connectivity index (χ2v) is 7.94. The molecule has 1 unspecified atom stereocenters. The molecule has 0 bridgehead atoms. The van der Waals surface area contributed by atoms with Gasteiger partial charge in [0, 0.05) is 16.5 Å². The molecule has 0 saturated carbocycles. The number of benzene rings is 2. The van der Waals surface area contributed by atoms with Gasteiger partial charge in [0.05, 0.1) is 12.6 Å². The number of nitrogens with zero attached hydrogens (tertiary/aromatic N) is 4. The minimum Gasteiger partial charge on any atom is -0.493 e. The normalized spacial score (nSPS) is 12.4. The smallest absolute Gasteiger partial charge is 0.196 e. The Bertz CT molecular complexity index is 900. The molecule has 8 heteroatoms. The van der Waals surface area contributed by atoms with Crippen LogP contribution in [0.25, 0.3) is 5.69 Å². The molecule has 0 fully saturated rings. The van der Waals surface area contributed by atoms with Crippen molar-refractivity contribution in [3.05, 3.63) is 65.2 Å². The lowest BCUT2D eigenvalue weighted by atomic mass is 10.2. The van der Waals surface area contributed by atoms with Crippen molar-refractivity contribution < 1.29 is 9.13 Å². The van der Waals surface area contributed by atoms with Gasteiger partial charge < -0.3 is 4.74 Å². The van der Waals surface area contributed by atoms with E-state index in [0.717, 1.165) is 16.7 Å². The van der Waals surface area contributed by atoms with Crippen molar-refractivity contribution in [3.63, 3.8) is 0 Å². The quantitative estimate of drug-likeness (QED) is 0.385. The highest BCUT2D eigenvalue weighted by atomic mass is 35.5. The van der Waals surface area contributed by atoms with Gasteiger partial charge in [-0.2, -0.15) is 0 Å². The van der Waals surface area contributed by atoms with Crippen molar-refractivity contribution in [2.75, 3.05) is 26.5 Å². The molecule has 0 amide bonds. The van der Waals surface area contributed by atoms with Gasteiger partial charge in [0.2, 0.25) is 0 Å². The third kappa shape index (κ3) is 5.04. The molecule has 3 rings (SSSR count). The Balaban J connectivity index is 1.74. The third-order valence-electron chi connectivity index (χ3n) is 4.29. The number of hydrogen-bond donors (Lipinski definition) is 0. The highest BCUT2D eigenvalue weighted by Gasteiger charge is 2.20. The molecule has 1 atom stereocenters. The number of hydrogen-bond acceptors (Lipinski definition) is 5. The Morgan fingerprint density at radius 2 is 1.79 bits per heavy atom. The van der Waals surface area contributed by atoms with E-state index < -0.39 is 0 Å². The topological polar surface area (TPSA) is 43.2 Å². The number of ether oxygens (including phenoxy) is 1. The molecule has 0 aliphatic heterocycles. The first-order valence-corrected chi connectivity index (χ1v) is 10.2. The largest absolute Gasteiger partial charge is 0.493 e. The zero-order chi connectivity index (χ0) is 20.1. The molecule has 3 aromatic rings. The van der Waals surface area contributed by atoms with Crippen LogP contribution in [0.1, 0.15) is 18.8 Å². The predicted octanol–water partition coefficient (Wildman–Crippen LogP) is 4.85. The zero-order valence-electron chi connectivity index (χ0n) is 16.0. The third-order valence-corrected chi connectivity index (χ3v) is 5.43. The van der Waals surface area contributed by atoms with Crippen molar-refractivity contribution in [2.45, 2.75) is 18.1 Å². The maximum absolute atomic E-state index is 13.0. The van der Waals surface area contributed by atoms with E-state index in [0.29, 0.717) is 23.1 Å². The van der Waals surface area contributed by atoms with Gasteiger partial charge in [0.15, 0.2) is 11.0 Å². The first-order valence-electron chi connectivity index (χ1n) is 8.84. The SMILES string of the molecule is CC(c1nnc(SCCOc2ccc(F)cc2)n1-c1ccc(Cl)cc1)N(C)C. The van der Waals surface area contributed by atoms with Crippen LogP contribution in [0, 0.1) is 5.82 Å². The van der Waals surface area contributed by atoms with E-state index >= 15 is 0 Å². The molecule has 0 spiro atoms. The first-order chi connectivity index (χ1) is 13.5. The summed E-state index contributed by atoms with van der Waals surface area (Å²) in [5, 5.41) is 10.3. The summed E-state index contributed by atoms with van der Waals surface area (Å²) >= 11 is 7.60. The van der Waals surface area contributed by atoms with Crippen LogP contribution in [0.3, 0.4) is 0 Å². The molecule has 0 aliphatic rings. The summed E-state index contributed by atoms with van der Waals surface area (Å²) in [5.74, 6) is 1.90. The fourth-order valence-corrected chi connectivity index (χ4v) is 3.43. The van der Waals surface area contributed by atoms with E-state index in [9.17, 15) is 4.39 Å². The van der Waals surface area contributed by atoms with Crippen LogP contribution in [-0.4, -0.2) is 46.1 Å². The molecule has 28 heavy (non-hydrogen) atoms. The second-order valence-electron chi connectivity index (χ2n) is 6.44. The van der Waals surface area contributed by atoms with Crippen LogP contribution >= 0.6 is 23.4 Å². The highest BCUT2D eigenvalue weighted by molar-refractivity contribution is 7.99. The van der Waals surface area contributed by atoms with Gasteiger partial charge in [0.1, 0.15) is 11.6 Å². The summed E-state index contributed by atoms with van der Waals surface area (Å²) in [4.78, 5) is 2.09. The molecule has 1 aromatic heterocycles. The maximum atomic E-state index is 13.0. The van der Waals surface area contributed by atoms with Crippen molar-refractivity contribution in [2.24, 2.45) is 0 Å². The van der Waals surface area contributed by atoms with E-state index in [4.69, 9.17) is 16.3 Å². The van der Waals surface area contributed by atoms with Crippen LogP contribution in [0.15, 0.2) is 53.7 Å². The minimum atomic E-state index is -0.277. The van der Waals surface area contributed by atoms with E-state index in [2.05, 4.69) is 22.0 Å². The Hall–Kier alpha value is -2.09. The summed E-state index contributed by atoms with van der Waals surface area (Å²) in [7, 11) is 4.02. The Kier molecular flexibility index (Phi) is 6.93. The van der Waals surface area contributed by atoms with Gasteiger partial charge in [-0.15, -0.1) is 10.2 Å². The number of rotatable bonds is 8. The lowest BCUT2D eigenvalue weighted by molar-refractivity contribution is 0.305. The predicted molar refractivity (Wildman–Crippen MR) is 111 cm³/mol. The molecule has 2 aromatic carbocycles. The van der Waals surface area contributed by atoms with E-state index in [-0.39, 0.29) is 11.9 Å². The summed E-state index contributed by atoms with van der Waals surface area (Å²) in [5.41, 5.74) is 0.958. The van der Waals surface area contributed by atoms with Gasteiger partial charge >= 0.3 is 0 Å². The van der Waals surface area contributed by atoms with Crippen LogP contribution in [0.5, 0.6) is 5.75 Å². The van der Waals surface area contributed by atoms with Crippen molar-refractivity contribution >= 4 is 23.4 Å². The monoisotopic (exact) mass is 420 g/mol. The van der Waals surface area contributed by atoms with Gasteiger partial charge in [-0.1, -0.05) is 23.4 Å². The average molecular weight is 421 g/mol. The Labute approximate surface area is 173 Å². The molecule has 0 saturated heterocycles. The van der Waals surface area contributed by atoms with Crippen LogP contribution in [0.4, 0.5) is 4.39 Å². The van der Waals surface area contributed by atoms with Gasteiger partial charge in [-0.3, -0.25) is 9.47 Å². The van der Waals surface area contributed by atoms with Crippen molar-refractivity contribution in [1.29, 1.82) is 0 Å². The van der Waals surface area contributed by atoms with Crippen LogP contribution in [-0.2, 0) is 0 Å². The standard InChI is InChI=1S/C20H22ClFN4OS/c1-14(25(2)3)19-23-24-20(26(19)17-8-4-15(21)5-9-17)28-13-12-27-18-10-6-16(22)7-11-18/h4-11,14H,12-13H2,1-3H3. The zero-order valence-corrected chi connectivity index (χ0v) is 17.5. The van der Waals surface area contributed by atoms with Crippen molar-refractivity contribution in [3.8, 4) is 11.4 Å². The lowest BCUT2D eigenvalue weighted by Crippen LogP contribution is -2.20. The van der Waals surface area contributed by atoms with Crippen molar-refractivity contribution in [1.82, 2.24) is 19.7 Å². The highest BCUT2D eigenvalue weighted by Crippen LogP contribution is 2.27. The molecular formula is C20H22ClFN4OS. The van der Waals surface area contributed by atoms with Gasteiger partial charge in [-0.05, 0) is 69.6 Å². The lowest BCUT2D eigenvalue weighted by Gasteiger charge is -2.20. The molecule has 148 valence electrons. The fourth-order valence-electron chi connectivity index (χ4n) is 2.53.